The molecule has 0 radical (unpaired) electrons. The van der Waals surface area contributed by atoms with Crippen molar-refractivity contribution in [1.82, 2.24) is 5.32 Å². The van der Waals surface area contributed by atoms with E-state index in [4.69, 9.17) is 5.73 Å². The first-order chi connectivity index (χ1) is 9.87. The van der Waals surface area contributed by atoms with E-state index in [9.17, 15) is 13.2 Å². The lowest BCUT2D eigenvalue weighted by molar-refractivity contribution is -0.0328. The highest BCUT2D eigenvalue weighted by molar-refractivity contribution is 8.00. The Bertz CT molecular complexity index is 447. The van der Waals surface area contributed by atoms with Gasteiger partial charge in [-0.3, -0.25) is 0 Å². The molecule has 3 unspecified atom stereocenters. The van der Waals surface area contributed by atoms with Crippen LogP contribution in [0.25, 0.3) is 0 Å². The number of halogens is 3. The van der Waals surface area contributed by atoms with E-state index in [-0.39, 0.29) is 22.7 Å². The maximum absolute atomic E-state index is 12.3. The van der Waals surface area contributed by atoms with Crippen molar-refractivity contribution in [2.24, 2.45) is 11.7 Å². The van der Waals surface area contributed by atoms with Crippen LogP contribution in [0.1, 0.15) is 37.8 Å². The Morgan fingerprint density at radius 2 is 1.95 bits per heavy atom. The van der Waals surface area contributed by atoms with Crippen LogP contribution in [-0.2, 0) is 0 Å². The van der Waals surface area contributed by atoms with Gasteiger partial charge in [-0.25, -0.2) is 0 Å². The van der Waals surface area contributed by atoms with Crippen LogP contribution < -0.4 is 11.1 Å². The predicted molar refractivity (Wildman–Crippen MR) is 80.1 cm³/mol. The Balaban J connectivity index is 1.98. The number of thioether (sulfide) groups is 1. The molecule has 1 aliphatic rings. The van der Waals surface area contributed by atoms with Crippen LogP contribution in [0.4, 0.5) is 13.2 Å². The Morgan fingerprint density at radius 1 is 1.29 bits per heavy atom. The fourth-order valence-electron chi connectivity index (χ4n) is 2.85. The van der Waals surface area contributed by atoms with E-state index in [1.54, 1.807) is 12.1 Å². The monoisotopic (exact) mass is 318 g/mol. The Hall–Kier alpha value is -0.720. The molecule has 3 atom stereocenters. The van der Waals surface area contributed by atoms with Crippen molar-refractivity contribution in [3.05, 3.63) is 29.8 Å². The molecule has 0 amide bonds. The summed E-state index contributed by atoms with van der Waals surface area (Å²) in [7, 11) is 0. The van der Waals surface area contributed by atoms with Crippen molar-refractivity contribution < 1.29 is 13.2 Å². The number of alkyl halides is 3. The van der Waals surface area contributed by atoms with E-state index in [0.29, 0.717) is 12.6 Å². The molecule has 21 heavy (non-hydrogen) atoms. The number of hydrogen-bond donors (Lipinski definition) is 2. The third-order valence-electron chi connectivity index (χ3n) is 3.88. The fourth-order valence-corrected chi connectivity index (χ4v) is 3.38. The second kappa shape index (κ2) is 7.03. The lowest BCUT2D eigenvalue weighted by Gasteiger charge is -2.22. The number of nitrogens with two attached hydrogens (primary N) is 1. The first-order valence-corrected chi connectivity index (χ1v) is 8.01. The molecule has 2 rings (SSSR count). The highest BCUT2D eigenvalue weighted by Crippen LogP contribution is 2.37. The predicted octanol–water partition coefficient (Wildman–Crippen LogP) is 4.08. The number of benzene rings is 1. The molecule has 1 aliphatic carbocycles. The van der Waals surface area contributed by atoms with E-state index >= 15 is 0 Å². The Kier molecular flexibility index (Phi) is 5.57. The average molecular weight is 318 g/mol. The van der Waals surface area contributed by atoms with Crippen LogP contribution in [0.2, 0.25) is 0 Å². The molecule has 1 aromatic rings. The highest BCUT2D eigenvalue weighted by atomic mass is 32.2. The summed E-state index contributed by atoms with van der Waals surface area (Å²) in [5, 5.41) is 3.53. The molecular formula is C15H21F3N2S. The summed E-state index contributed by atoms with van der Waals surface area (Å²) in [6.07, 6.45) is 3.49. The first kappa shape index (κ1) is 16.6. The van der Waals surface area contributed by atoms with Crippen LogP contribution in [0.5, 0.6) is 0 Å². The maximum atomic E-state index is 12.3. The Morgan fingerprint density at radius 3 is 2.43 bits per heavy atom. The van der Waals surface area contributed by atoms with Gasteiger partial charge in [-0.05, 0) is 54.6 Å². The van der Waals surface area contributed by atoms with E-state index in [2.05, 4.69) is 12.2 Å². The van der Waals surface area contributed by atoms with Gasteiger partial charge in [0.25, 0.3) is 0 Å². The quantitative estimate of drug-likeness (QED) is 0.804. The number of rotatable bonds is 5. The zero-order valence-electron chi connectivity index (χ0n) is 12.0. The van der Waals surface area contributed by atoms with Crippen molar-refractivity contribution in [1.29, 1.82) is 0 Å². The SMILES string of the molecule is CC1CCC(NC(CN)c2ccc(SC(F)(F)F)cc2)C1. The molecule has 3 N–H and O–H groups in total. The molecule has 6 heteroatoms. The third kappa shape index (κ3) is 5.20. The van der Waals surface area contributed by atoms with E-state index in [1.807, 2.05) is 0 Å². The van der Waals surface area contributed by atoms with Gasteiger partial charge in [0, 0.05) is 23.5 Å². The molecule has 0 spiro atoms. The molecule has 0 aliphatic heterocycles. The summed E-state index contributed by atoms with van der Waals surface area (Å²) < 4.78 is 36.9. The molecule has 1 saturated carbocycles. The molecule has 1 aromatic carbocycles. The van der Waals surface area contributed by atoms with E-state index in [1.165, 1.54) is 18.6 Å². The number of hydrogen-bond acceptors (Lipinski definition) is 3. The van der Waals surface area contributed by atoms with Gasteiger partial charge in [0.15, 0.2) is 0 Å². The first-order valence-electron chi connectivity index (χ1n) is 7.19. The van der Waals surface area contributed by atoms with E-state index in [0.717, 1.165) is 24.3 Å². The summed E-state index contributed by atoms with van der Waals surface area (Å²) in [5.41, 5.74) is 2.51. The summed E-state index contributed by atoms with van der Waals surface area (Å²) in [6, 6.07) is 6.95. The average Bonchev–Trinajstić information content (AvgIpc) is 2.81. The lowest BCUT2D eigenvalue weighted by atomic mass is 10.1. The molecule has 0 bridgehead atoms. The normalized spacial score (nSPS) is 24.2. The van der Waals surface area contributed by atoms with Crippen molar-refractivity contribution in [2.45, 2.75) is 48.7 Å². The van der Waals surface area contributed by atoms with Gasteiger partial charge in [-0.1, -0.05) is 19.1 Å². The smallest absolute Gasteiger partial charge is 0.329 e. The zero-order valence-corrected chi connectivity index (χ0v) is 12.8. The van der Waals surface area contributed by atoms with Crippen molar-refractivity contribution in [3.8, 4) is 0 Å². The third-order valence-corrected chi connectivity index (χ3v) is 4.62. The topological polar surface area (TPSA) is 38.0 Å². The highest BCUT2D eigenvalue weighted by Gasteiger charge is 2.29. The summed E-state index contributed by atoms with van der Waals surface area (Å²) in [5.74, 6) is 0.728. The van der Waals surface area contributed by atoms with Crippen LogP contribution >= 0.6 is 11.8 Å². The maximum Gasteiger partial charge on any atom is 0.446 e. The second-order valence-corrected chi connectivity index (χ2v) is 6.83. The van der Waals surface area contributed by atoms with Crippen LogP contribution in [0.15, 0.2) is 29.2 Å². The summed E-state index contributed by atoms with van der Waals surface area (Å²) in [4.78, 5) is 0.205. The van der Waals surface area contributed by atoms with E-state index < -0.39 is 5.51 Å². The van der Waals surface area contributed by atoms with Gasteiger partial charge < -0.3 is 11.1 Å². The molecule has 0 aromatic heterocycles. The zero-order chi connectivity index (χ0) is 15.5. The molecular weight excluding hydrogens is 297 g/mol. The molecule has 0 heterocycles. The summed E-state index contributed by atoms with van der Waals surface area (Å²) in [6.45, 7) is 2.68. The summed E-state index contributed by atoms with van der Waals surface area (Å²) >= 11 is -0.0897. The minimum Gasteiger partial charge on any atom is -0.329 e. The van der Waals surface area contributed by atoms with Gasteiger partial charge >= 0.3 is 5.51 Å². The standard InChI is InChI=1S/C15H21F3N2S/c1-10-2-5-12(8-10)20-14(9-19)11-3-6-13(7-4-11)21-15(16,17)18/h3-4,6-7,10,12,14,20H,2,5,8-9,19H2,1H3. The number of nitrogens with one attached hydrogen (secondary N) is 1. The van der Waals surface area contributed by atoms with Crippen LogP contribution in [0.3, 0.4) is 0 Å². The Labute approximate surface area is 127 Å². The second-order valence-electron chi connectivity index (χ2n) is 5.69. The minimum atomic E-state index is -4.24. The fraction of sp³-hybridized carbons (Fsp3) is 0.600. The van der Waals surface area contributed by atoms with Gasteiger partial charge in [0.2, 0.25) is 0 Å². The van der Waals surface area contributed by atoms with Gasteiger partial charge in [-0.15, -0.1) is 0 Å². The molecule has 1 fully saturated rings. The van der Waals surface area contributed by atoms with Crippen LogP contribution in [-0.4, -0.2) is 18.1 Å². The largest absolute Gasteiger partial charge is 0.446 e. The minimum absolute atomic E-state index is 0.00485. The van der Waals surface area contributed by atoms with Gasteiger partial charge in [-0.2, -0.15) is 13.2 Å². The van der Waals surface area contributed by atoms with Gasteiger partial charge in [0.05, 0.1) is 0 Å². The van der Waals surface area contributed by atoms with Gasteiger partial charge in [0.1, 0.15) is 0 Å². The van der Waals surface area contributed by atoms with Crippen molar-refractivity contribution in [2.75, 3.05) is 6.54 Å². The molecule has 0 saturated heterocycles. The lowest BCUT2D eigenvalue weighted by Crippen LogP contribution is -2.35. The van der Waals surface area contributed by atoms with Crippen LogP contribution in [0, 0.1) is 5.92 Å². The molecule has 2 nitrogen and oxygen atoms in total. The van der Waals surface area contributed by atoms with Crippen molar-refractivity contribution in [3.63, 3.8) is 0 Å². The molecule has 118 valence electrons. The van der Waals surface area contributed by atoms with Crippen molar-refractivity contribution >= 4 is 11.8 Å².